The second kappa shape index (κ2) is 9.18. The van der Waals surface area contributed by atoms with E-state index in [0.717, 1.165) is 0 Å². The van der Waals surface area contributed by atoms with Crippen LogP contribution >= 0.6 is 0 Å². The SMILES string of the molecule is O=C(CN1C(=O)COc2ccccc21)Nc1ccc(NS(=O)(=O)c2ccc3c(c2)OCCO3)cc1. The molecule has 0 unspecified atom stereocenters. The molecule has 5 rings (SSSR count). The number of hydrogen-bond donors (Lipinski definition) is 2. The lowest BCUT2D eigenvalue weighted by atomic mass is 10.2. The molecule has 0 aromatic heterocycles. The highest BCUT2D eigenvalue weighted by molar-refractivity contribution is 7.92. The van der Waals surface area contributed by atoms with Crippen LogP contribution in [0.25, 0.3) is 0 Å². The van der Waals surface area contributed by atoms with Crippen LogP contribution in [-0.4, -0.2) is 46.6 Å². The number of nitrogens with zero attached hydrogens (tertiary/aromatic N) is 1. The lowest BCUT2D eigenvalue weighted by Crippen LogP contribution is -2.43. The molecular weight excluding hydrogens is 474 g/mol. The highest BCUT2D eigenvalue weighted by Gasteiger charge is 2.27. The number of para-hydroxylation sites is 2. The summed E-state index contributed by atoms with van der Waals surface area (Å²) in [4.78, 5) is 26.2. The van der Waals surface area contributed by atoms with Crippen molar-refractivity contribution in [2.45, 2.75) is 4.90 Å². The predicted molar refractivity (Wildman–Crippen MR) is 128 cm³/mol. The molecule has 10 nitrogen and oxygen atoms in total. The molecule has 3 aromatic rings. The van der Waals surface area contributed by atoms with Crippen LogP contribution in [-0.2, 0) is 19.6 Å². The van der Waals surface area contributed by atoms with Crippen LogP contribution in [0.1, 0.15) is 0 Å². The van der Waals surface area contributed by atoms with Gasteiger partial charge in [0.25, 0.3) is 15.9 Å². The molecule has 35 heavy (non-hydrogen) atoms. The smallest absolute Gasteiger partial charge is 0.265 e. The summed E-state index contributed by atoms with van der Waals surface area (Å²) in [6.07, 6.45) is 0. The summed E-state index contributed by atoms with van der Waals surface area (Å²) in [5, 5.41) is 2.72. The highest BCUT2D eigenvalue weighted by atomic mass is 32.2. The van der Waals surface area contributed by atoms with Crippen LogP contribution in [0.2, 0.25) is 0 Å². The summed E-state index contributed by atoms with van der Waals surface area (Å²) in [6.45, 7) is 0.444. The Labute approximate surface area is 201 Å². The first kappa shape index (κ1) is 22.5. The van der Waals surface area contributed by atoms with Gasteiger partial charge in [0.05, 0.1) is 10.6 Å². The number of hydrogen-bond acceptors (Lipinski definition) is 7. The first-order valence-corrected chi connectivity index (χ1v) is 12.2. The van der Waals surface area contributed by atoms with E-state index < -0.39 is 15.9 Å². The summed E-state index contributed by atoms with van der Waals surface area (Å²) in [5.41, 5.74) is 1.30. The summed E-state index contributed by atoms with van der Waals surface area (Å²) in [6, 6.07) is 17.6. The number of rotatable bonds is 6. The lowest BCUT2D eigenvalue weighted by molar-refractivity contribution is -0.123. The number of carbonyl (C=O) groups excluding carboxylic acids is 2. The summed E-state index contributed by atoms with van der Waals surface area (Å²) in [7, 11) is -3.87. The van der Waals surface area contributed by atoms with Crippen LogP contribution in [0.15, 0.2) is 71.6 Å². The standard InChI is InChI=1S/C24H21N3O7S/c28-23(14-27-19-3-1-2-4-20(19)34-15-24(27)29)25-16-5-7-17(8-6-16)26-35(30,31)18-9-10-21-22(13-18)33-12-11-32-21/h1-10,13,26H,11-12,14-15H2,(H,25,28). The number of ether oxygens (including phenoxy) is 3. The highest BCUT2D eigenvalue weighted by Crippen LogP contribution is 2.33. The number of nitrogens with one attached hydrogen (secondary N) is 2. The van der Waals surface area contributed by atoms with Gasteiger partial charge in [0.15, 0.2) is 18.1 Å². The summed E-state index contributed by atoms with van der Waals surface area (Å²) in [5.74, 6) is 0.688. The Hall–Kier alpha value is -4.25. The molecule has 11 heteroatoms. The molecule has 2 aliphatic rings. The largest absolute Gasteiger partial charge is 0.486 e. The van der Waals surface area contributed by atoms with E-state index >= 15 is 0 Å². The van der Waals surface area contributed by atoms with E-state index in [0.29, 0.717) is 47.5 Å². The van der Waals surface area contributed by atoms with Crippen molar-refractivity contribution >= 4 is 38.9 Å². The number of carbonyl (C=O) groups is 2. The zero-order chi connectivity index (χ0) is 24.4. The van der Waals surface area contributed by atoms with Crippen LogP contribution in [0.3, 0.4) is 0 Å². The van der Waals surface area contributed by atoms with Gasteiger partial charge in [0.2, 0.25) is 5.91 Å². The molecule has 0 saturated carbocycles. The maximum Gasteiger partial charge on any atom is 0.265 e. The number of amides is 2. The van der Waals surface area contributed by atoms with Crippen LogP contribution in [0.4, 0.5) is 17.1 Å². The zero-order valence-corrected chi connectivity index (χ0v) is 19.2. The number of anilines is 3. The van der Waals surface area contributed by atoms with Crippen LogP contribution < -0.4 is 29.1 Å². The fraction of sp³-hybridized carbons (Fsp3) is 0.167. The molecule has 0 fully saturated rings. The zero-order valence-electron chi connectivity index (χ0n) is 18.4. The molecular formula is C24H21N3O7S. The van der Waals surface area contributed by atoms with Crippen molar-refractivity contribution < 1.29 is 32.2 Å². The van der Waals surface area contributed by atoms with Gasteiger partial charge in [0, 0.05) is 17.4 Å². The molecule has 0 saturated heterocycles. The Bertz CT molecular complexity index is 1390. The molecule has 2 amide bonds. The molecule has 3 aromatic carbocycles. The number of benzene rings is 3. The first-order chi connectivity index (χ1) is 16.9. The van der Waals surface area contributed by atoms with Crippen molar-refractivity contribution in [3.05, 3.63) is 66.7 Å². The molecule has 2 N–H and O–H groups in total. The van der Waals surface area contributed by atoms with E-state index in [9.17, 15) is 18.0 Å². The Balaban J connectivity index is 1.23. The minimum absolute atomic E-state index is 0.0367. The molecule has 0 bridgehead atoms. The van der Waals surface area contributed by atoms with Gasteiger partial charge in [-0.15, -0.1) is 0 Å². The molecule has 2 heterocycles. The fourth-order valence-electron chi connectivity index (χ4n) is 3.70. The van der Waals surface area contributed by atoms with Gasteiger partial charge in [-0.1, -0.05) is 12.1 Å². The van der Waals surface area contributed by atoms with Crippen molar-refractivity contribution in [2.24, 2.45) is 0 Å². The minimum atomic E-state index is -3.87. The van der Waals surface area contributed by atoms with E-state index in [1.807, 2.05) is 0 Å². The van der Waals surface area contributed by atoms with E-state index in [2.05, 4.69) is 10.0 Å². The lowest BCUT2D eigenvalue weighted by Gasteiger charge is -2.28. The van der Waals surface area contributed by atoms with Crippen LogP contribution in [0.5, 0.6) is 17.2 Å². The van der Waals surface area contributed by atoms with E-state index in [1.165, 1.54) is 29.2 Å². The quantitative estimate of drug-likeness (QED) is 0.539. The van der Waals surface area contributed by atoms with Gasteiger partial charge in [-0.05, 0) is 48.5 Å². The van der Waals surface area contributed by atoms with Crippen molar-refractivity contribution in [1.29, 1.82) is 0 Å². The van der Waals surface area contributed by atoms with Crippen molar-refractivity contribution in [2.75, 3.05) is 41.3 Å². The topological polar surface area (TPSA) is 123 Å². The van der Waals surface area contributed by atoms with Gasteiger partial charge in [0.1, 0.15) is 25.5 Å². The van der Waals surface area contributed by atoms with Crippen molar-refractivity contribution in [3.63, 3.8) is 0 Å². The third-order valence-electron chi connectivity index (χ3n) is 5.35. The van der Waals surface area contributed by atoms with Crippen LogP contribution in [0, 0.1) is 0 Å². The maximum atomic E-state index is 12.8. The fourth-order valence-corrected chi connectivity index (χ4v) is 4.77. The average molecular weight is 496 g/mol. The third kappa shape index (κ3) is 4.85. The molecule has 0 atom stereocenters. The van der Waals surface area contributed by atoms with Gasteiger partial charge in [-0.3, -0.25) is 19.2 Å². The van der Waals surface area contributed by atoms with Gasteiger partial charge in [-0.25, -0.2) is 8.42 Å². The van der Waals surface area contributed by atoms with Crippen molar-refractivity contribution in [1.82, 2.24) is 0 Å². The first-order valence-electron chi connectivity index (χ1n) is 10.7. The van der Waals surface area contributed by atoms with E-state index in [4.69, 9.17) is 14.2 Å². The molecule has 0 radical (unpaired) electrons. The summed E-state index contributed by atoms with van der Waals surface area (Å²) < 4.78 is 44.3. The molecule has 2 aliphatic heterocycles. The second-order valence-electron chi connectivity index (χ2n) is 7.77. The minimum Gasteiger partial charge on any atom is -0.486 e. The second-order valence-corrected chi connectivity index (χ2v) is 9.46. The van der Waals surface area contributed by atoms with E-state index in [1.54, 1.807) is 42.5 Å². The van der Waals surface area contributed by atoms with Crippen molar-refractivity contribution in [3.8, 4) is 17.2 Å². The third-order valence-corrected chi connectivity index (χ3v) is 6.73. The van der Waals surface area contributed by atoms with Gasteiger partial charge < -0.3 is 19.5 Å². The summed E-state index contributed by atoms with van der Waals surface area (Å²) >= 11 is 0. The normalized spacial score (nSPS) is 14.5. The number of sulfonamides is 1. The number of fused-ring (bicyclic) bond motifs is 2. The Morgan fingerprint density at radius 3 is 2.37 bits per heavy atom. The predicted octanol–water partition coefficient (Wildman–Crippen LogP) is 2.62. The Morgan fingerprint density at radius 1 is 0.857 bits per heavy atom. The monoisotopic (exact) mass is 495 g/mol. The van der Waals surface area contributed by atoms with Gasteiger partial charge in [-0.2, -0.15) is 0 Å². The molecule has 0 aliphatic carbocycles. The maximum absolute atomic E-state index is 12.8. The van der Waals surface area contributed by atoms with E-state index in [-0.39, 0.29) is 24.0 Å². The van der Waals surface area contributed by atoms with Gasteiger partial charge >= 0.3 is 0 Å². The Kier molecular flexibility index (Phi) is 5.91. The molecule has 0 spiro atoms. The Morgan fingerprint density at radius 2 is 1.57 bits per heavy atom. The molecule has 180 valence electrons. The average Bonchev–Trinajstić information content (AvgIpc) is 2.86.